The normalized spacial score (nSPS) is 22.2. The summed E-state index contributed by atoms with van der Waals surface area (Å²) in [4.78, 5) is 49.6. The predicted molar refractivity (Wildman–Crippen MR) is 232 cm³/mol. The van der Waals surface area contributed by atoms with Crippen LogP contribution >= 0.6 is 0 Å². The Hall–Kier alpha value is -5.79. The fourth-order valence-corrected chi connectivity index (χ4v) is 8.41. The Morgan fingerprint density at radius 1 is 0.565 bits per heavy atom. The third-order valence-corrected chi connectivity index (χ3v) is 11.8. The van der Waals surface area contributed by atoms with E-state index < -0.39 is 0 Å². The van der Waals surface area contributed by atoms with Crippen molar-refractivity contribution in [1.82, 2.24) is 29.9 Å². The van der Waals surface area contributed by atoms with Gasteiger partial charge in [0.05, 0.1) is 112 Å². The number of pyridine rings is 2. The highest BCUT2D eigenvalue weighted by molar-refractivity contribution is 5.92. The van der Waals surface area contributed by atoms with Crippen LogP contribution in [0.4, 0.5) is 23.5 Å². The topological polar surface area (TPSA) is 191 Å². The van der Waals surface area contributed by atoms with Gasteiger partial charge in [-0.25, -0.2) is 9.97 Å². The number of morpholine rings is 4. The molecule has 0 bridgehead atoms. The van der Waals surface area contributed by atoms with Crippen molar-refractivity contribution >= 4 is 51.9 Å². The molecule has 18 nitrogen and oxygen atoms in total. The minimum absolute atomic E-state index is 0.167. The fourth-order valence-electron chi connectivity index (χ4n) is 8.41. The number of anilines is 4. The van der Waals surface area contributed by atoms with Crippen LogP contribution in [0.15, 0.2) is 57.8 Å². The van der Waals surface area contributed by atoms with Gasteiger partial charge < -0.3 is 52.5 Å². The van der Waals surface area contributed by atoms with Crippen LogP contribution in [0.25, 0.3) is 44.6 Å². The first kappa shape index (κ1) is 41.6. The molecule has 0 amide bonds. The Morgan fingerprint density at radius 3 is 1.45 bits per heavy atom. The molecule has 0 radical (unpaired) electrons. The Labute approximate surface area is 358 Å². The van der Waals surface area contributed by atoms with Gasteiger partial charge in [-0.2, -0.15) is 19.9 Å². The van der Waals surface area contributed by atoms with Gasteiger partial charge in [0.2, 0.25) is 11.9 Å². The molecular weight excluding hydrogens is 797 g/mol. The number of ether oxygens (including phenoxy) is 4. The maximum Gasteiger partial charge on any atom is 0.229 e. The molecule has 0 spiro atoms. The van der Waals surface area contributed by atoms with Gasteiger partial charge in [-0.1, -0.05) is 0 Å². The number of aliphatic hydroxyl groups excluding tert-OH is 1. The zero-order chi connectivity index (χ0) is 42.7. The number of furan rings is 2. The zero-order valence-electron chi connectivity index (χ0n) is 35.5. The molecule has 4 aliphatic heterocycles. The highest BCUT2D eigenvalue weighted by Crippen LogP contribution is 2.34. The summed E-state index contributed by atoms with van der Waals surface area (Å²) in [6.07, 6.45) is 3.75. The number of nitrogens with zero attached hydrogens (tertiary/aromatic N) is 10. The van der Waals surface area contributed by atoms with Gasteiger partial charge in [0.15, 0.2) is 23.3 Å². The standard InChI is InChI=1S/C22H27N5O4.C22H25N5O4/c2*1-14-12-29-9-6-26(14)21-17-3-4-18(16-5-8-31-19(16)11-28)23-20(17)24-22(25-21)27-7-10-30-13-15(27)2/h3-5,8,14-15,28H,6-7,9-13H2,1-2H3;3-5,8,11,14-15H,6-7,9-10,12-13H2,1-2H3/t2*14-,15-/m00/s1. The Kier molecular flexibility index (Phi) is 12.3. The van der Waals surface area contributed by atoms with Crippen molar-refractivity contribution in [2.45, 2.75) is 58.5 Å². The molecule has 4 atom stereocenters. The van der Waals surface area contributed by atoms with Crippen molar-refractivity contribution in [2.75, 3.05) is 98.6 Å². The van der Waals surface area contributed by atoms with E-state index in [4.69, 9.17) is 57.7 Å². The van der Waals surface area contributed by atoms with Crippen molar-refractivity contribution < 1.29 is 37.7 Å². The van der Waals surface area contributed by atoms with Crippen LogP contribution in [0.1, 0.15) is 44.0 Å². The van der Waals surface area contributed by atoms with Crippen LogP contribution in [0.5, 0.6) is 0 Å². The van der Waals surface area contributed by atoms with Crippen LogP contribution < -0.4 is 19.6 Å². The van der Waals surface area contributed by atoms with Crippen LogP contribution in [0.3, 0.4) is 0 Å². The first-order valence-corrected chi connectivity index (χ1v) is 21.3. The van der Waals surface area contributed by atoms with Crippen molar-refractivity contribution in [3.05, 3.63) is 60.4 Å². The van der Waals surface area contributed by atoms with Crippen LogP contribution in [-0.4, -0.2) is 144 Å². The van der Waals surface area contributed by atoms with E-state index >= 15 is 0 Å². The van der Waals surface area contributed by atoms with Gasteiger partial charge in [0, 0.05) is 37.3 Å². The lowest BCUT2D eigenvalue weighted by molar-refractivity contribution is 0.0972. The fraction of sp³-hybridized carbons (Fsp3) is 0.477. The van der Waals surface area contributed by atoms with E-state index in [0.717, 1.165) is 54.2 Å². The third-order valence-electron chi connectivity index (χ3n) is 11.8. The summed E-state index contributed by atoms with van der Waals surface area (Å²) in [5.74, 6) is 3.79. The van der Waals surface area contributed by atoms with Crippen molar-refractivity contribution in [1.29, 1.82) is 0 Å². The van der Waals surface area contributed by atoms with Gasteiger partial charge in [0.25, 0.3) is 0 Å². The van der Waals surface area contributed by atoms with Gasteiger partial charge in [-0.05, 0) is 64.1 Å². The average molecular weight is 849 g/mol. The van der Waals surface area contributed by atoms with E-state index in [9.17, 15) is 9.90 Å². The number of fused-ring (bicyclic) bond motifs is 2. The van der Waals surface area contributed by atoms with Gasteiger partial charge in [-0.3, -0.25) is 4.79 Å². The van der Waals surface area contributed by atoms with Crippen molar-refractivity contribution in [3.63, 3.8) is 0 Å². The second kappa shape index (κ2) is 18.3. The number of hydrogen-bond donors (Lipinski definition) is 1. The molecule has 6 aromatic rings. The number of hydrogen-bond acceptors (Lipinski definition) is 18. The lowest BCUT2D eigenvalue weighted by Gasteiger charge is -2.37. The first-order valence-electron chi connectivity index (χ1n) is 21.3. The number of carbonyl (C=O) groups is 1. The van der Waals surface area contributed by atoms with Crippen molar-refractivity contribution in [3.8, 4) is 22.5 Å². The van der Waals surface area contributed by atoms with Gasteiger partial charge in [0.1, 0.15) is 24.0 Å². The molecule has 0 unspecified atom stereocenters. The van der Waals surface area contributed by atoms with Crippen LogP contribution in [0, 0.1) is 0 Å². The minimum atomic E-state index is -0.182. The molecule has 10 rings (SSSR count). The van der Waals surface area contributed by atoms with E-state index in [0.29, 0.717) is 105 Å². The maximum atomic E-state index is 11.3. The number of rotatable bonds is 8. The summed E-state index contributed by atoms with van der Waals surface area (Å²) in [5, 5.41) is 11.4. The average Bonchev–Trinajstić information content (AvgIpc) is 3.99. The second-order valence-electron chi connectivity index (χ2n) is 16.0. The molecule has 0 aromatic carbocycles. The number of aliphatic hydroxyl groups is 1. The molecule has 0 saturated carbocycles. The monoisotopic (exact) mass is 848 g/mol. The largest absolute Gasteiger partial charge is 0.466 e. The lowest BCUT2D eigenvalue weighted by atomic mass is 10.1. The van der Waals surface area contributed by atoms with Gasteiger partial charge >= 0.3 is 0 Å². The molecule has 4 fully saturated rings. The molecular formula is C44H52N10O8. The van der Waals surface area contributed by atoms with E-state index in [1.807, 2.05) is 30.3 Å². The molecule has 0 aliphatic carbocycles. The van der Waals surface area contributed by atoms with E-state index in [1.54, 1.807) is 12.3 Å². The van der Waals surface area contributed by atoms with Crippen LogP contribution in [0.2, 0.25) is 0 Å². The number of carbonyl (C=O) groups excluding carboxylic acids is 1. The Bertz CT molecular complexity index is 2510. The summed E-state index contributed by atoms with van der Waals surface area (Å²) in [7, 11) is 0. The van der Waals surface area contributed by atoms with Crippen LogP contribution in [-0.2, 0) is 25.6 Å². The van der Waals surface area contributed by atoms with Gasteiger partial charge in [-0.15, -0.1) is 0 Å². The molecule has 6 aromatic heterocycles. The molecule has 10 heterocycles. The third kappa shape index (κ3) is 8.27. The van der Waals surface area contributed by atoms with Crippen molar-refractivity contribution in [2.24, 2.45) is 0 Å². The van der Waals surface area contributed by atoms with E-state index in [2.05, 4.69) is 47.3 Å². The summed E-state index contributed by atoms with van der Waals surface area (Å²) in [6.45, 7) is 16.5. The highest BCUT2D eigenvalue weighted by Gasteiger charge is 2.30. The molecule has 326 valence electrons. The Morgan fingerprint density at radius 2 is 1.00 bits per heavy atom. The second-order valence-corrected chi connectivity index (χ2v) is 16.0. The maximum absolute atomic E-state index is 11.3. The molecule has 4 saturated heterocycles. The summed E-state index contributed by atoms with van der Waals surface area (Å²) in [5.41, 5.74) is 3.99. The molecule has 62 heavy (non-hydrogen) atoms. The predicted octanol–water partition coefficient (Wildman–Crippen LogP) is 4.77. The first-order chi connectivity index (χ1) is 30.3. The molecule has 1 N–H and O–H groups in total. The van der Waals surface area contributed by atoms with E-state index in [-0.39, 0.29) is 36.5 Å². The zero-order valence-corrected chi connectivity index (χ0v) is 35.5. The number of aldehydes is 1. The Balaban J connectivity index is 0.000000158. The molecule has 4 aliphatic rings. The SMILES string of the molecule is C[C@H]1COCCN1c1nc(N2CCOC[C@@H]2C)c2ccc(-c3ccoc3C=O)nc2n1.C[C@H]1COCCN1c1nc(N2CCOC[C@@H]2C)c2ccc(-c3ccoc3CO)nc2n1. The minimum Gasteiger partial charge on any atom is -0.466 e. The molecule has 18 heteroatoms. The quantitative estimate of drug-likeness (QED) is 0.206. The lowest BCUT2D eigenvalue weighted by Crippen LogP contribution is -2.46. The summed E-state index contributed by atoms with van der Waals surface area (Å²) in [6, 6.07) is 12.1. The summed E-state index contributed by atoms with van der Waals surface area (Å²) >= 11 is 0. The summed E-state index contributed by atoms with van der Waals surface area (Å²) < 4.78 is 33.1. The van der Waals surface area contributed by atoms with E-state index in [1.165, 1.54) is 6.26 Å². The smallest absolute Gasteiger partial charge is 0.229 e. The number of aromatic nitrogens is 6. The highest BCUT2D eigenvalue weighted by atomic mass is 16.5.